The average molecular weight is 175 g/mol. The van der Waals surface area contributed by atoms with Crippen LogP contribution in [-0.4, -0.2) is 14.9 Å². The molecule has 1 aliphatic rings. The first kappa shape index (κ1) is 8.47. The number of hydrogen-bond donors (Lipinski definition) is 1. The van der Waals surface area contributed by atoms with Gasteiger partial charge in [-0.05, 0) is 12.8 Å². The summed E-state index contributed by atoms with van der Waals surface area (Å²) in [5, 5.41) is 8.86. The van der Waals surface area contributed by atoms with E-state index in [1.165, 1.54) is 12.8 Å². The van der Waals surface area contributed by atoms with Crippen molar-refractivity contribution in [2.45, 2.75) is 37.2 Å². The quantitative estimate of drug-likeness (QED) is 0.697. The lowest BCUT2D eigenvalue weighted by molar-refractivity contribution is 0.745. The van der Waals surface area contributed by atoms with Gasteiger partial charge in [-0.1, -0.05) is 37.4 Å². The predicted octanol–water partition coefficient (Wildman–Crippen LogP) is 2.96. The molecule has 0 amide bonds. The molecule has 1 N–H and O–H groups in total. The summed E-state index contributed by atoms with van der Waals surface area (Å²) in [6.45, 7) is 4.42. The average Bonchev–Trinajstić information content (AvgIpc) is 2.30. The highest BCUT2D eigenvalue weighted by atomic mass is 32.2. The Hall–Kier alpha value is 0.370. The lowest BCUT2D eigenvalue weighted by Crippen LogP contribution is -2.12. The zero-order valence-electron chi connectivity index (χ0n) is 6.39. The fourth-order valence-corrected chi connectivity index (χ4v) is 4.02. The van der Waals surface area contributed by atoms with Crippen LogP contribution in [0.15, 0.2) is 0 Å². The van der Waals surface area contributed by atoms with E-state index in [1.54, 1.807) is 23.5 Å². The van der Waals surface area contributed by atoms with Crippen LogP contribution in [0.3, 0.4) is 0 Å². The van der Waals surface area contributed by atoms with Gasteiger partial charge in [-0.3, -0.25) is 5.41 Å². The SMILES string of the molecule is CC[C@@H]1SC(=N)S[C@@H]1CC. The van der Waals surface area contributed by atoms with E-state index < -0.39 is 0 Å². The van der Waals surface area contributed by atoms with Gasteiger partial charge in [-0.25, -0.2) is 0 Å². The van der Waals surface area contributed by atoms with Crippen LogP contribution < -0.4 is 0 Å². The topological polar surface area (TPSA) is 23.9 Å². The van der Waals surface area contributed by atoms with Crippen LogP contribution in [0.4, 0.5) is 0 Å². The van der Waals surface area contributed by atoms with Crippen molar-refractivity contribution >= 4 is 27.9 Å². The molecule has 0 aromatic carbocycles. The molecule has 0 aromatic rings. The maximum absolute atomic E-state index is 7.44. The summed E-state index contributed by atoms with van der Waals surface area (Å²) in [6.07, 6.45) is 2.41. The lowest BCUT2D eigenvalue weighted by atomic mass is 10.2. The minimum atomic E-state index is 0.711. The molecule has 0 aliphatic carbocycles. The first-order valence-electron chi connectivity index (χ1n) is 3.69. The molecule has 0 saturated carbocycles. The standard InChI is InChI=1S/C7H13NS2/c1-3-5-6(4-2)10-7(8)9-5/h5-6,8H,3-4H2,1-2H3/t5-,6+. The van der Waals surface area contributed by atoms with E-state index in [0.717, 1.165) is 4.38 Å². The monoisotopic (exact) mass is 175 g/mol. The van der Waals surface area contributed by atoms with Crippen LogP contribution in [0, 0.1) is 5.41 Å². The molecule has 0 aromatic heterocycles. The zero-order valence-corrected chi connectivity index (χ0v) is 8.02. The van der Waals surface area contributed by atoms with Gasteiger partial charge in [0.25, 0.3) is 0 Å². The summed E-state index contributed by atoms with van der Waals surface area (Å²) >= 11 is 3.49. The van der Waals surface area contributed by atoms with Crippen LogP contribution in [0.1, 0.15) is 26.7 Å². The van der Waals surface area contributed by atoms with Gasteiger partial charge in [0.1, 0.15) is 4.38 Å². The minimum absolute atomic E-state index is 0.711. The molecule has 1 saturated heterocycles. The van der Waals surface area contributed by atoms with Crippen molar-refractivity contribution in [3.63, 3.8) is 0 Å². The Morgan fingerprint density at radius 1 is 1.20 bits per heavy atom. The molecule has 0 radical (unpaired) electrons. The molecule has 0 unspecified atom stereocenters. The highest BCUT2D eigenvalue weighted by molar-refractivity contribution is 8.41. The van der Waals surface area contributed by atoms with Crippen molar-refractivity contribution in [2.24, 2.45) is 0 Å². The third-order valence-corrected chi connectivity index (χ3v) is 4.84. The Kier molecular flexibility index (Phi) is 3.11. The minimum Gasteiger partial charge on any atom is -0.288 e. The van der Waals surface area contributed by atoms with E-state index in [9.17, 15) is 0 Å². The van der Waals surface area contributed by atoms with Crippen molar-refractivity contribution in [2.75, 3.05) is 0 Å². The van der Waals surface area contributed by atoms with Crippen molar-refractivity contribution in [3.05, 3.63) is 0 Å². The number of nitrogens with one attached hydrogen (secondary N) is 1. The molecule has 3 heteroatoms. The van der Waals surface area contributed by atoms with E-state index in [2.05, 4.69) is 13.8 Å². The lowest BCUT2D eigenvalue weighted by Gasteiger charge is -2.11. The maximum Gasteiger partial charge on any atom is 0.122 e. The van der Waals surface area contributed by atoms with Crippen LogP contribution >= 0.6 is 23.5 Å². The largest absolute Gasteiger partial charge is 0.288 e. The van der Waals surface area contributed by atoms with Crippen LogP contribution in [-0.2, 0) is 0 Å². The van der Waals surface area contributed by atoms with E-state index in [-0.39, 0.29) is 0 Å². The normalized spacial score (nSPS) is 33.2. The van der Waals surface area contributed by atoms with Crippen molar-refractivity contribution in [3.8, 4) is 0 Å². The molecule has 1 rings (SSSR count). The Morgan fingerprint density at radius 2 is 1.60 bits per heavy atom. The Labute approximate surface area is 70.9 Å². The summed E-state index contributed by atoms with van der Waals surface area (Å²) in [7, 11) is 0. The fourth-order valence-electron chi connectivity index (χ4n) is 1.15. The zero-order chi connectivity index (χ0) is 7.56. The molecule has 1 fully saturated rings. The van der Waals surface area contributed by atoms with Crippen molar-refractivity contribution in [1.82, 2.24) is 0 Å². The van der Waals surface area contributed by atoms with Gasteiger partial charge in [0.15, 0.2) is 0 Å². The van der Waals surface area contributed by atoms with E-state index in [4.69, 9.17) is 5.41 Å². The first-order valence-corrected chi connectivity index (χ1v) is 5.45. The molecule has 58 valence electrons. The second-order valence-electron chi connectivity index (χ2n) is 2.42. The highest BCUT2D eigenvalue weighted by Crippen LogP contribution is 2.41. The highest BCUT2D eigenvalue weighted by Gasteiger charge is 2.29. The molecular weight excluding hydrogens is 162 g/mol. The van der Waals surface area contributed by atoms with Gasteiger partial charge in [0.2, 0.25) is 0 Å². The van der Waals surface area contributed by atoms with Crippen LogP contribution in [0.25, 0.3) is 0 Å². The van der Waals surface area contributed by atoms with Gasteiger partial charge in [0, 0.05) is 10.5 Å². The summed E-state index contributed by atoms with van der Waals surface area (Å²) in [4.78, 5) is 0. The molecule has 1 nitrogen and oxygen atoms in total. The second-order valence-corrected chi connectivity index (χ2v) is 5.17. The molecule has 1 aliphatic heterocycles. The van der Waals surface area contributed by atoms with Gasteiger partial charge < -0.3 is 0 Å². The number of thioether (sulfide) groups is 2. The summed E-state index contributed by atoms with van der Waals surface area (Å²) < 4.78 is 0.818. The Bertz CT molecular complexity index is 122. The molecule has 0 bridgehead atoms. The van der Waals surface area contributed by atoms with Gasteiger partial charge in [-0.2, -0.15) is 0 Å². The molecule has 1 heterocycles. The maximum atomic E-state index is 7.44. The predicted molar refractivity (Wildman–Crippen MR) is 51.1 cm³/mol. The van der Waals surface area contributed by atoms with Gasteiger partial charge >= 0.3 is 0 Å². The number of rotatable bonds is 2. The summed E-state index contributed by atoms with van der Waals surface area (Å²) in [5.74, 6) is 0. The molecular formula is C7H13NS2. The fraction of sp³-hybridized carbons (Fsp3) is 0.857. The molecule has 2 atom stereocenters. The third kappa shape index (κ3) is 1.70. The number of hydrogen-bond acceptors (Lipinski definition) is 3. The second kappa shape index (κ2) is 3.67. The summed E-state index contributed by atoms with van der Waals surface area (Å²) in [6, 6.07) is 0. The first-order chi connectivity index (χ1) is 4.77. The third-order valence-electron chi connectivity index (χ3n) is 1.74. The Balaban J connectivity index is 2.48. The van der Waals surface area contributed by atoms with Crippen LogP contribution in [0.5, 0.6) is 0 Å². The summed E-state index contributed by atoms with van der Waals surface area (Å²) in [5.41, 5.74) is 0. The Morgan fingerprint density at radius 3 is 1.90 bits per heavy atom. The van der Waals surface area contributed by atoms with E-state index in [0.29, 0.717) is 10.5 Å². The molecule has 10 heavy (non-hydrogen) atoms. The molecule has 0 spiro atoms. The van der Waals surface area contributed by atoms with Gasteiger partial charge in [0.05, 0.1) is 0 Å². The smallest absolute Gasteiger partial charge is 0.122 e. The van der Waals surface area contributed by atoms with E-state index in [1.807, 2.05) is 0 Å². The van der Waals surface area contributed by atoms with Gasteiger partial charge in [-0.15, -0.1) is 0 Å². The van der Waals surface area contributed by atoms with Crippen LogP contribution in [0.2, 0.25) is 0 Å². The van der Waals surface area contributed by atoms with Crippen molar-refractivity contribution in [1.29, 1.82) is 5.41 Å². The van der Waals surface area contributed by atoms with Crippen molar-refractivity contribution < 1.29 is 0 Å². The van der Waals surface area contributed by atoms with E-state index >= 15 is 0 Å².